The Morgan fingerprint density at radius 2 is 2.42 bits per heavy atom. The molecule has 3 N–H and O–H groups in total. The standard InChI is InChI=1S/C5H9N3O2S2/c1-4-2-7-5(11-4)3-8-12(6,9)10/h2,8H,3H2,1H3,(H2,6,9,10). The van der Waals surface area contributed by atoms with E-state index in [2.05, 4.69) is 9.71 Å². The van der Waals surface area contributed by atoms with E-state index < -0.39 is 10.2 Å². The summed E-state index contributed by atoms with van der Waals surface area (Å²) in [7, 11) is -3.60. The van der Waals surface area contributed by atoms with Crippen LogP contribution in [0.15, 0.2) is 6.20 Å². The number of aryl methyl sites for hydroxylation is 1. The van der Waals surface area contributed by atoms with Crippen LogP contribution in [0.4, 0.5) is 0 Å². The Kier molecular flexibility index (Phi) is 2.78. The van der Waals surface area contributed by atoms with Crippen LogP contribution in [0.25, 0.3) is 0 Å². The number of hydrogen-bond acceptors (Lipinski definition) is 4. The molecule has 1 rings (SSSR count). The van der Waals surface area contributed by atoms with Crippen molar-refractivity contribution in [2.24, 2.45) is 5.14 Å². The van der Waals surface area contributed by atoms with Crippen molar-refractivity contribution in [1.29, 1.82) is 0 Å². The third-order valence-corrected chi connectivity index (χ3v) is 2.55. The molecule has 7 heteroatoms. The van der Waals surface area contributed by atoms with Crippen molar-refractivity contribution in [1.82, 2.24) is 9.71 Å². The predicted octanol–water partition coefficient (Wildman–Crippen LogP) is -0.255. The molecule has 0 amide bonds. The number of nitrogens with two attached hydrogens (primary N) is 1. The van der Waals surface area contributed by atoms with Crippen molar-refractivity contribution in [2.45, 2.75) is 13.5 Å². The van der Waals surface area contributed by atoms with Crippen LogP contribution in [0.1, 0.15) is 9.88 Å². The maximum absolute atomic E-state index is 10.5. The number of nitrogens with one attached hydrogen (secondary N) is 1. The number of nitrogens with zero attached hydrogens (tertiary/aromatic N) is 1. The molecule has 1 aromatic heterocycles. The minimum atomic E-state index is -3.60. The fourth-order valence-corrected chi connectivity index (χ4v) is 1.80. The summed E-state index contributed by atoms with van der Waals surface area (Å²) in [6.45, 7) is 2.06. The van der Waals surface area contributed by atoms with Gasteiger partial charge in [0.15, 0.2) is 0 Å². The van der Waals surface area contributed by atoms with Crippen LogP contribution in [-0.4, -0.2) is 13.4 Å². The van der Waals surface area contributed by atoms with Gasteiger partial charge in [-0.05, 0) is 6.92 Å². The maximum atomic E-state index is 10.5. The molecule has 0 bridgehead atoms. The van der Waals surface area contributed by atoms with Gasteiger partial charge in [-0.1, -0.05) is 0 Å². The van der Waals surface area contributed by atoms with Crippen LogP contribution in [0.5, 0.6) is 0 Å². The zero-order valence-electron chi connectivity index (χ0n) is 6.44. The first-order chi connectivity index (χ1) is 5.47. The van der Waals surface area contributed by atoms with Gasteiger partial charge in [-0.15, -0.1) is 11.3 Å². The van der Waals surface area contributed by atoms with E-state index in [1.165, 1.54) is 11.3 Å². The Hall–Kier alpha value is -0.500. The molecule has 12 heavy (non-hydrogen) atoms. The molecule has 0 unspecified atom stereocenters. The van der Waals surface area contributed by atoms with Gasteiger partial charge in [-0.2, -0.15) is 13.1 Å². The third-order valence-electron chi connectivity index (χ3n) is 1.09. The van der Waals surface area contributed by atoms with Crippen molar-refractivity contribution in [3.63, 3.8) is 0 Å². The second-order valence-corrected chi connectivity index (χ2v) is 4.93. The van der Waals surface area contributed by atoms with Crippen LogP contribution < -0.4 is 9.86 Å². The van der Waals surface area contributed by atoms with E-state index in [1.807, 2.05) is 6.92 Å². The lowest BCUT2D eigenvalue weighted by atomic mass is 10.6. The van der Waals surface area contributed by atoms with Gasteiger partial charge in [0.2, 0.25) is 0 Å². The summed E-state index contributed by atoms with van der Waals surface area (Å²) in [5.74, 6) is 0. The van der Waals surface area contributed by atoms with Crippen LogP contribution in [0.3, 0.4) is 0 Å². The van der Waals surface area contributed by atoms with E-state index in [9.17, 15) is 8.42 Å². The lowest BCUT2D eigenvalue weighted by Crippen LogP contribution is -2.30. The molecule has 0 radical (unpaired) electrons. The van der Waals surface area contributed by atoms with E-state index in [-0.39, 0.29) is 6.54 Å². The molecular weight excluding hydrogens is 198 g/mol. The molecule has 0 fully saturated rings. The van der Waals surface area contributed by atoms with E-state index in [0.29, 0.717) is 5.01 Å². The molecule has 0 aromatic carbocycles. The molecule has 0 atom stereocenters. The SMILES string of the molecule is Cc1cnc(CNS(N)(=O)=O)s1. The predicted molar refractivity (Wildman–Crippen MR) is 46.8 cm³/mol. The smallest absolute Gasteiger partial charge is 0.248 e. The first-order valence-electron chi connectivity index (χ1n) is 3.16. The van der Waals surface area contributed by atoms with Crippen LogP contribution in [0, 0.1) is 6.92 Å². The normalized spacial score (nSPS) is 11.8. The summed E-state index contributed by atoms with van der Waals surface area (Å²) < 4.78 is 23.1. The molecule has 0 aliphatic carbocycles. The quantitative estimate of drug-likeness (QED) is 0.716. The Morgan fingerprint density at radius 1 is 1.75 bits per heavy atom. The Labute approximate surface area is 74.8 Å². The molecular formula is C5H9N3O2S2. The Bertz CT molecular complexity index is 357. The van der Waals surface area contributed by atoms with Crippen LogP contribution in [0.2, 0.25) is 0 Å². The summed E-state index contributed by atoms with van der Waals surface area (Å²) in [5.41, 5.74) is 0. The molecule has 0 spiro atoms. The van der Waals surface area contributed by atoms with Crippen molar-refractivity contribution >= 4 is 21.5 Å². The number of aromatic nitrogens is 1. The minimum absolute atomic E-state index is 0.164. The first-order valence-corrected chi connectivity index (χ1v) is 5.52. The topological polar surface area (TPSA) is 85.1 Å². The number of hydrogen-bond donors (Lipinski definition) is 2. The highest BCUT2D eigenvalue weighted by atomic mass is 32.2. The summed E-state index contributed by atoms with van der Waals surface area (Å²) in [5, 5.41) is 5.44. The van der Waals surface area contributed by atoms with Gasteiger partial charge in [0.1, 0.15) is 5.01 Å². The average Bonchev–Trinajstić information content (AvgIpc) is 2.30. The highest BCUT2D eigenvalue weighted by Gasteiger charge is 2.03. The second-order valence-electron chi connectivity index (χ2n) is 2.23. The van der Waals surface area contributed by atoms with Crippen molar-refractivity contribution in [3.8, 4) is 0 Å². The van der Waals surface area contributed by atoms with Crippen molar-refractivity contribution in [2.75, 3.05) is 0 Å². The second kappa shape index (κ2) is 3.48. The summed E-state index contributed by atoms with van der Waals surface area (Å²) in [6.07, 6.45) is 1.69. The zero-order chi connectivity index (χ0) is 9.19. The first kappa shape index (κ1) is 9.59. The molecule has 0 aliphatic heterocycles. The van der Waals surface area contributed by atoms with Gasteiger partial charge in [0.05, 0.1) is 6.54 Å². The fraction of sp³-hybridized carbons (Fsp3) is 0.400. The van der Waals surface area contributed by atoms with Gasteiger partial charge in [-0.3, -0.25) is 0 Å². The number of rotatable bonds is 3. The summed E-state index contributed by atoms with van der Waals surface area (Å²) in [4.78, 5) is 5.00. The lowest BCUT2D eigenvalue weighted by Gasteiger charge is -1.96. The molecule has 0 aliphatic rings. The van der Waals surface area contributed by atoms with Gasteiger partial charge in [0, 0.05) is 11.1 Å². The van der Waals surface area contributed by atoms with Gasteiger partial charge in [-0.25, -0.2) is 10.1 Å². The largest absolute Gasteiger partial charge is 0.274 e. The van der Waals surface area contributed by atoms with Crippen LogP contribution in [-0.2, 0) is 16.8 Å². The Balaban J connectivity index is 2.55. The zero-order valence-corrected chi connectivity index (χ0v) is 8.08. The lowest BCUT2D eigenvalue weighted by molar-refractivity contribution is 0.583. The highest BCUT2D eigenvalue weighted by Crippen LogP contribution is 2.10. The van der Waals surface area contributed by atoms with E-state index in [0.717, 1.165) is 4.88 Å². The van der Waals surface area contributed by atoms with E-state index in [1.54, 1.807) is 6.20 Å². The molecule has 1 aromatic rings. The van der Waals surface area contributed by atoms with Crippen molar-refractivity contribution in [3.05, 3.63) is 16.1 Å². The minimum Gasteiger partial charge on any atom is -0.248 e. The van der Waals surface area contributed by atoms with Gasteiger partial charge < -0.3 is 0 Å². The third kappa shape index (κ3) is 3.26. The maximum Gasteiger partial charge on any atom is 0.274 e. The summed E-state index contributed by atoms with van der Waals surface area (Å²) >= 11 is 1.43. The molecule has 1 heterocycles. The number of thiazole rings is 1. The monoisotopic (exact) mass is 207 g/mol. The highest BCUT2D eigenvalue weighted by molar-refractivity contribution is 7.87. The summed E-state index contributed by atoms with van der Waals surface area (Å²) in [6, 6.07) is 0. The fourth-order valence-electron chi connectivity index (χ4n) is 0.645. The average molecular weight is 207 g/mol. The molecule has 68 valence electrons. The van der Waals surface area contributed by atoms with E-state index >= 15 is 0 Å². The molecule has 0 saturated heterocycles. The van der Waals surface area contributed by atoms with E-state index in [4.69, 9.17) is 5.14 Å². The van der Waals surface area contributed by atoms with Gasteiger partial charge >= 0.3 is 0 Å². The molecule has 0 saturated carbocycles. The van der Waals surface area contributed by atoms with Crippen LogP contribution >= 0.6 is 11.3 Å². The van der Waals surface area contributed by atoms with Crippen molar-refractivity contribution < 1.29 is 8.42 Å². The van der Waals surface area contributed by atoms with Gasteiger partial charge in [0.25, 0.3) is 10.2 Å². The molecule has 5 nitrogen and oxygen atoms in total. The Morgan fingerprint density at radius 3 is 2.83 bits per heavy atom.